The minimum Gasteiger partial charge on any atom is -0.274 e. The average Bonchev–Trinajstić information content (AvgIpc) is 3.02. The summed E-state index contributed by atoms with van der Waals surface area (Å²) in [4.78, 5) is 12.0. The first-order valence-electron chi connectivity index (χ1n) is 7.98. The van der Waals surface area contributed by atoms with Crippen LogP contribution in [-0.2, 0) is 0 Å². The van der Waals surface area contributed by atoms with Crippen molar-refractivity contribution in [2.45, 2.75) is 22.2 Å². The number of hydrogen-bond donors (Lipinski definition) is 0. The lowest BCUT2D eigenvalue weighted by Crippen LogP contribution is -2.11. The van der Waals surface area contributed by atoms with E-state index in [-0.39, 0.29) is 16.7 Å². The number of aryl methyl sites for hydroxylation is 1. The van der Waals surface area contributed by atoms with Gasteiger partial charge in [0.2, 0.25) is 6.54 Å². The largest absolute Gasteiger partial charge is 0.274 e. The SMILES string of the molecule is CSc1ccc([C@@H](C[N+](=O)[O-])Sc2nnc(C)n2-c2ccccc2)cc1. The Morgan fingerprint density at radius 3 is 2.42 bits per heavy atom. The normalized spacial score (nSPS) is 12.1. The molecule has 0 radical (unpaired) electrons. The quantitative estimate of drug-likeness (QED) is 0.340. The molecule has 26 heavy (non-hydrogen) atoms. The van der Waals surface area contributed by atoms with Gasteiger partial charge in [0, 0.05) is 15.5 Å². The minimum atomic E-state index is -0.341. The molecule has 0 saturated heterocycles. The van der Waals surface area contributed by atoms with Crippen molar-refractivity contribution in [3.63, 3.8) is 0 Å². The third-order valence-corrected chi connectivity index (χ3v) is 5.78. The van der Waals surface area contributed by atoms with Crippen molar-refractivity contribution < 1.29 is 4.92 Å². The van der Waals surface area contributed by atoms with Gasteiger partial charge in [0.1, 0.15) is 11.1 Å². The van der Waals surface area contributed by atoms with Crippen molar-refractivity contribution in [2.24, 2.45) is 0 Å². The molecule has 3 rings (SSSR count). The fourth-order valence-corrected chi connectivity index (χ4v) is 4.17. The number of thioether (sulfide) groups is 2. The molecule has 1 aromatic heterocycles. The second-order valence-corrected chi connectivity index (χ2v) is 7.65. The highest BCUT2D eigenvalue weighted by Crippen LogP contribution is 2.36. The summed E-state index contributed by atoms with van der Waals surface area (Å²) in [6, 6.07) is 17.6. The van der Waals surface area contributed by atoms with Gasteiger partial charge in [0.05, 0.1) is 0 Å². The number of nitrogens with zero attached hydrogens (tertiary/aromatic N) is 4. The van der Waals surface area contributed by atoms with Crippen LogP contribution >= 0.6 is 23.5 Å². The van der Waals surface area contributed by atoms with Crippen molar-refractivity contribution in [2.75, 3.05) is 12.8 Å². The van der Waals surface area contributed by atoms with Gasteiger partial charge in [-0.15, -0.1) is 22.0 Å². The van der Waals surface area contributed by atoms with Crippen LogP contribution in [0.2, 0.25) is 0 Å². The molecule has 1 heterocycles. The van der Waals surface area contributed by atoms with Gasteiger partial charge in [0.15, 0.2) is 5.16 Å². The predicted octanol–water partition coefficient (Wildman–Crippen LogP) is 4.41. The molecule has 0 aliphatic rings. The second-order valence-electron chi connectivity index (χ2n) is 5.60. The second kappa shape index (κ2) is 8.37. The Kier molecular flexibility index (Phi) is 5.95. The van der Waals surface area contributed by atoms with Crippen LogP contribution in [0, 0.1) is 17.0 Å². The fraction of sp³-hybridized carbons (Fsp3) is 0.222. The van der Waals surface area contributed by atoms with E-state index in [2.05, 4.69) is 10.2 Å². The lowest BCUT2D eigenvalue weighted by atomic mass is 10.1. The standard InChI is InChI=1S/C18H18N4O2S2/c1-13-19-20-18(22(13)15-6-4-3-5-7-15)26-17(12-21(23)24)14-8-10-16(25-2)11-9-14/h3-11,17H,12H2,1-2H3/t17-/m1/s1. The highest BCUT2D eigenvalue weighted by atomic mass is 32.2. The van der Waals surface area contributed by atoms with Crippen LogP contribution in [0.1, 0.15) is 16.6 Å². The summed E-state index contributed by atoms with van der Waals surface area (Å²) >= 11 is 3.01. The molecular formula is C18H18N4O2S2. The van der Waals surface area contributed by atoms with E-state index in [1.165, 1.54) is 11.8 Å². The maximum Gasteiger partial charge on any atom is 0.220 e. The van der Waals surface area contributed by atoms with Crippen molar-refractivity contribution >= 4 is 23.5 Å². The third-order valence-electron chi connectivity index (χ3n) is 3.86. The molecule has 134 valence electrons. The molecule has 8 heteroatoms. The Morgan fingerprint density at radius 1 is 1.12 bits per heavy atom. The highest BCUT2D eigenvalue weighted by molar-refractivity contribution is 7.99. The van der Waals surface area contributed by atoms with Crippen LogP contribution < -0.4 is 0 Å². The molecule has 1 atom stereocenters. The molecule has 0 aliphatic carbocycles. The van der Waals surface area contributed by atoms with E-state index in [9.17, 15) is 10.1 Å². The Labute approximate surface area is 160 Å². The van der Waals surface area contributed by atoms with Crippen molar-refractivity contribution in [3.8, 4) is 5.69 Å². The number of nitro groups is 1. The topological polar surface area (TPSA) is 73.8 Å². The molecule has 0 saturated carbocycles. The summed E-state index contributed by atoms with van der Waals surface area (Å²) in [5.74, 6) is 0.747. The van der Waals surface area contributed by atoms with E-state index < -0.39 is 0 Å². The number of benzene rings is 2. The van der Waals surface area contributed by atoms with Crippen molar-refractivity contribution in [1.29, 1.82) is 0 Å². The number of aromatic nitrogens is 3. The zero-order chi connectivity index (χ0) is 18.5. The monoisotopic (exact) mass is 386 g/mol. The maximum absolute atomic E-state index is 11.2. The fourth-order valence-electron chi connectivity index (χ4n) is 2.59. The van der Waals surface area contributed by atoms with Crippen LogP contribution in [-0.4, -0.2) is 32.5 Å². The smallest absolute Gasteiger partial charge is 0.220 e. The molecule has 0 spiro atoms. The minimum absolute atomic E-state index is 0.177. The van der Waals surface area contributed by atoms with E-state index in [1.807, 2.05) is 72.3 Å². The summed E-state index contributed by atoms with van der Waals surface area (Å²) < 4.78 is 1.92. The zero-order valence-electron chi connectivity index (χ0n) is 14.4. The first-order valence-corrected chi connectivity index (χ1v) is 10.1. The third kappa shape index (κ3) is 4.25. The summed E-state index contributed by atoms with van der Waals surface area (Å²) in [6.07, 6.45) is 2.00. The molecule has 0 unspecified atom stereocenters. The van der Waals surface area contributed by atoms with Gasteiger partial charge >= 0.3 is 0 Å². The Balaban J connectivity index is 1.94. The molecule has 0 N–H and O–H groups in total. The Morgan fingerprint density at radius 2 is 1.81 bits per heavy atom. The van der Waals surface area contributed by atoms with Crippen LogP contribution in [0.25, 0.3) is 5.69 Å². The van der Waals surface area contributed by atoms with Crippen LogP contribution in [0.5, 0.6) is 0 Å². The summed E-state index contributed by atoms with van der Waals surface area (Å²) in [5.41, 5.74) is 1.85. The van der Waals surface area contributed by atoms with E-state index in [0.717, 1.165) is 22.0 Å². The van der Waals surface area contributed by atoms with Gasteiger partial charge < -0.3 is 0 Å². The molecule has 2 aromatic carbocycles. The molecule has 3 aromatic rings. The van der Waals surface area contributed by atoms with Crippen molar-refractivity contribution in [3.05, 3.63) is 76.1 Å². The van der Waals surface area contributed by atoms with Crippen LogP contribution in [0.3, 0.4) is 0 Å². The molecule has 0 fully saturated rings. The number of hydrogen-bond acceptors (Lipinski definition) is 6. The zero-order valence-corrected chi connectivity index (χ0v) is 16.0. The Bertz CT molecular complexity index is 882. The molecule has 0 amide bonds. The predicted molar refractivity (Wildman–Crippen MR) is 105 cm³/mol. The number of para-hydroxylation sites is 1. The van der Waals surface area contributed by atoms with E-state index in [1.54, 1.807) is 11.8 Å². The van der Waals surface area contributed by atoms with E-state index >= 15 is 0 Å². The van der Waals surface area contributed by atoms with Gasteiger partial charge in [0.25, 0.3) is 0 Å². The molecule has 6 nitrogen and oxygen atoms in total. The first kappa shape index (κ1) is 18.5. The van der Waals surface area contributed by atoms with Gasteiger partial charge in [-0.25, -0.2) is 0 Å². The molecule has 0 bridgehead atoms. The van der Waals surface area contributed by atoms with E-state index in [4.69, 9.17) is 0 Å². The van der Waals surface area contributed by atoms with Gasteiger partial charge in [-0.3, -0.25) is 14.7 Å². The summed E-state index contributed by atoms with van der Waals surface area (Å²) in [7, 11) is 0. The van der Waals surface area contributed by atoms with Crippen molar-refractivity contribution in [1.82, 2.24) is 14.8 Å². The Hall–Kier alpha value is -2.32. The maximum atomic E-state index is 11.2. The average molecular weight is 387 g/mol. The first-order chi connectivity index (χ1) is 12.6. The van der Waals surface area contributed by atoms with Crippen LogP contribution in [0.15, 0.2) is 64.6 Å². The summed E-state index contributed by atoms with van der Waals surface area (Å²) in [5, 5.41) is 19.9. The van der Waals surface area contributed by atoms with Gasteiger partial charge in [-0.1, -0.05) is 42.1 Å². The summed E-state index contributed by atoms with van der Waals surface area (Å²) in [6.45, 7) is 1.70. The molecular weight excluding hydrogens is 368 g/mol. The number of rotatable bonds is 7. The van der Waals surface area contributed by atoms with Gasteiger partial charge in [-0.05, 0) is 43.0 Å². The molecule has 0 aliphatic heterocycles. The van der Waals surface area contributed by atoms with Gasteiger partial charge in [-0.2, -0.15) is 0 Å². The lowest BCUT2D eigenvalue weighted by molar-refractivity contribution is -0.479. The van der Waals surface area contributed by atoms with E-state index in [0.29, 0.717) is 5.16 Å². The lowest BCUT2D eigenvalue weighted by Gasteiger charge is -2.14. The highest BCUT2D eigenvalue weighted by Gasteiger charge is 2.23. The van der Waals surface area contributed by atoms with Crippen LogP contribution in [0.4, 0.5) is 0 Å².